The van der Waals surface area contributed by atoms with Gasteiger partial charge in [0.25, 0.3) is 0 Å². The van der Waals surface area contributed by atoms with Crippen molar-refractivity contribution in [3.63, 3.8) is 0 Å². The summed E-state index contributed by atoms with van der Waals surface area (Å²) < 4.78 is 30.4. The van der Waals surface area contributed by atoms with Crippen molar-refractivity contribution in [2.24, 2.45) is 5.92 Å². The molecule has 0 aliphatic carbocycles. The van der Waals surface area contributed by atoms with E-state index in [1.54, 1.807) is 19.2 Å². The Kier molecular flexibility index (Phi) is 5.44. The lowest BCUT2D eigenvalue weighted by molar-refractivity contribution is -0.142. The molecule has 2 atom stereocenters. The number of fused-ring (bicyclic) bond motifs is 2. The van der Waals surface area contributed by atoms with Crippen LogP contribution in [0.1, 0.15) is 30.4 Å². The number of likely N-dealkylation sites (tertiary alicyclic amines) is 2. The van der Waals surface area contributed by atoms with Crippen LogP contribution in [0.5, 0.6) is 17.2 Å². The summed E-state index contributed by atoms with van der Waals surface area (Å²) in [6, 6.07) is 11.2. The van der Waals surface area contributed by atoms with Crippen LogP contribution in [-0.4, -0.2) is 48.7 Å². The molecule has 3 aliphatic rings. The number of rotatable bonds is 5. The van der Waals surface area contributed by atoms with Gasteiger partial charge in [-0.25, -0.2) is 4.39 Å². The maximum Gasteiger partial charge on any atom is 0.231 e. The highest BCUT2D eigenvalue weighted by molar-refractivity contribution is 5.77. The fourth-order valence-electron chi connectivity index (χ4n) is 5.04. The Morgan fingerprint density at radius 1 is 1.10 bits per heavy atom. The van der Waals surface area contributed by atoms with Crippen molar-refractivity contribution >= 4 is 5.91 Å². The molecule has 0 saturated carbocycles. The van der Waals surface area contributed by atoms with Crippen molar-refractivity contribution in [2.75, 3.05) is 27.0 Å². The number of hydrogen-bond donors (Lipinski definition) is 0. The van der Waals surface area contributed by atoms with E-state index in [4.69, 9.17) is 14.2 Å². The third-order valence-electron chi connectivity index (χ3n) is 6.67. The van der Waals surface area contributed by atoms with Crippen LogP contribution in [0.3, 0.4) is 0 Å². The van der Waals surface area contributed by atoms with Gasteiger partial charge in [-0.15, -0.1) is 0 Å². The Morgan fingerprint density at radius 3 is 2.81 bits per heavy atom. The largest absolute Gasteiger partial charge is 0.497 e. The van der Waals surface area contributed by atoms with Gasteiger partial charge < -0.3 is 19.1 Å². The first-order valence-electron chi connectivity index (χ1n) is 10.8. The van der Waals surface area contributed by atoms with Gasteiger partial charge in [0, 0.05) is 50.3 Å². The minimum absolute atomic E-state index is 0.216. The fraction of sp³-hybridized carbons (Fsp3) is 0.458. The highest BCUT2D eigenvalue weighted by atomic mass is 19.1. The molecule has 5 rings (SSSR count). The first-order chi connectivity index (χ1) is 15.1. The van der Waals surface area contributed by atoms with E-state index < -0.39 is 0 Å². The number of carbonyl (C=O) groups is 1. The second-order valence-corrected chi connectivity index (χ2v) is 8.56. The summed E-state index contributed by atoms with van der Waals surface area (Å²) in [6.07, 6.45) is 2.36. The van der Waals surface area contributed by atoms with Gasteiger partial charge in [-0.3, -0.25) is 9.69 Å². The molecular weight excluding hydrogens is 399 g/mol. The lowest BCUT2D eigenvalue weighted by Crippen LogP contribution is -2.55. The topological polar surface area (TPSA) is 51.2 Å². The van der Waals surface area contributed by atoms with Crippen LogP contribution in [0.15, 0.2) is 36.4 Å². The van der Waals surface area contributed by atoms with Crippen LogP contribution < -0.4 is 14.2 Å². The Bertz CT molecular complexity index is 982. The highest BCUT2D eigenvalue weighted by Crippen LogP contribution is 2.36. The van der Waals surface area contributed by atoms with Gasteiger partial charge in [-0.05, 0) is 42.5 Å². The monoisotopic (exact) mass is 426 g/mol. The van der Waals surface area contributed by atoms with Gasteiger partial charge in [0.1, 0.15) is 11.6 Å². The predicted molar refractivity (Wildman–Crippen MR) is 112 cm³/mol. The van der Waals surface area contributed by atoms with E-state index in [0.717, 1.165) is 43.0 Å². The molecule has 0 aromatic heterocycles. The maximum atomic E-state index is 14.4. The summed E-state index contributed by atoms with van der Waals surface area (Å²) in [5.74, 6) is 2.42. The number of halogens is 1. The van der Waals surface area contributed by atoms with Gasteiger partial charge >= 0.3 is 0 Å². The number of nitrogens with zero attached hydrogens (tertiary/aromatic N) is 2. The molecule has 0 spiro atoms. The molecule has 0 radical (unpaired) electrons. The summed E-state index contributed by atoms with van der Waals surface area (Å²) in [5.41, 5.74) is 1.74. The molecule has 2 aromatic rings. The standard InChI is InChI=1S/C24H27FN2O4/c1-29-19-5-3-17(20(25)11-19)13-26-9-8-21-18(14-26)4-7-24(28)27(21)12-16-2-6-22-23(10-16)31-15-30-22/h2-3,5-6,10-11,18,21H,4,7-9,12-15H2,1H3/t18-,21+/m1/s1. The van der Waals surface area contributed by atoms with E-state index in [0.29, 0.717) is 36.7 Å². The Hall–Kier alpha value is -2.80. The highest BCUT2D eigenvalue weighted by Gasteiger charge is 2.39. The van der Waals surface area contributed by atoms with E-state index >= 15 is 0 Å². The van der Waals surface area contributed by atoms with E-state index in [1.165, 1.54) is 6.07 Å². The van der Waals surface area contributed by atoms with E-state index in [9.17, 15) is 9.18 Å². The summed E-state index contributed by atoms with van der Waals surface area (Å²) in [4.78, 5) is 17.1. The molecule has 0 unspecified atom stereocenters. The number of benzene rings is 2. The van der Waals surface area contributed by atoms with Gasteiger partial charge in [-0.1, -0.05) is 12.1 Å². The second-order valence-electron chi connectivity index (χ2n) is 8.56. The number of methoxy groups -OCH3 is 1. The molecule has 3 heterocycles. The third-order valence-corrected chi connectivity index (χ3v) is 6.67. The van der Waals surface area contributed by atoms with Crippen LogP contribution in [-0.2, 0) is 17.9 Å². The average molecular weight is 426 g/mol. The third kappa shape index (κ3) is 4.06. The van der Waals surface area contributed by atoms with Crippen molar-refractivity contribution < 1.29 is 23.4 Å². The molecule has 6 nitrogen and oxygen atoms in total. The molecule has 0 bridgehead atoms. The summed E-state index contributed by atoms with van der Waals surface area (Å²) in [6.45, 7) is 3.13. The van der Waals surface area contributed by atoms with Gasteiger partial charge in [0.2, 0.25) is 12.7 Å². The van der Waals surface area contributed by atoms with Gasteiger partial charge in [0.15, 0.2) is 11.5 Å². The smallest absolute Gasteiger partial charge is 0.231 e. The summed E-state index contributed by atoms with van der Waals surface area (Å²) in [7, 11) is 1.54. The van der Waals surface area contributed by atoms with Crippen LogP contribution in [0.4, 0.5) is 4.39 Å². The Morgan fingerprint density at radius 2 is 1.97 bits per heavy atom. The minimum atomic E-state index is -0.232. The molecule has 2 fully saturated rings. The lowest BCUT2D eigenvalue weighted by atomic mass is 9.83. The van der Waals surface area contributed by atoms with Crippen molar-refractivity contribution in [1.82, 2.24) is 9.80 Å². The molecule has 1 amide bonds. The first kappa shape index (κ1) is 20.1. The molecule has 3 aliphatic heterocycles. The molecule has 7 heteroatoms. The minimum Gasteiger partial charge on any atom is -0.497 e. The summed E-state index contributed by atoms with van der Waals surface area (Å²) >= 11 is 0. The molecule has 0 N–H and O–H groups in total. The molecule has 31 heavy (non-hydrogen) atoms. The Balaban J connectivity index is 1.26. The van der Waals surface area contributed by atoms with Crippen LogP contribution in [0.25, 0.3) is 0 Å². The van der Waals surface area contributed by atoms with Crippen molar-refractivity contribution in [3.05, 3.63) is 53.3 Å². The van der Waals surface area contributed by atoms with Crippen molar-refractivity contribution in [1.29, 1.82) is 0 Å². The zero-order valence-electron chi connectivity index (χ0n) is 17.7. The number of hydrogen-bond acceptors (Lipinski definition) is 5. The number of carbonyl (C=O) groups excluding carboxylic acids is 1. The first-order valence-corrected chi connectivity index (χ1v) is 10.8. The Labute approximate surface area is 181 Å². The van der Waals surface area contributed by atoms with Crippen molar-refractivity contribution in [2.45, 2.75) is 38.4 Å². The number of amides is 1. The lowest BCUT2D eigenvalue weighted by Gasteiger charge is -2.47. The quantitative estimate of drug-likeness (QED) is 0.732. The zero-order valence-corrected chi connectivity index (χ0v) is 17.7. The molecular formula is C24H27FN2O4. The molecule has 2 aromatic carbocycles. The number of ether oxygens (including phenoxy) is 3. The van der Waals surface area contributed by atoms with Crippen LogP contribution in [0, 0.1) is 11.7 Å². The van der Waals surface area contributed by atoms with E-state index in [1.807, 2.05) is 23.1 Å². The van der Waals surface area contributed by atoms with E-state index in [2.05, 4.69) is 4.90 Å². The second kappa shape index (κ2) is 8.38. The fourth-order valence-corrected chi connectivity index (χ4v) is 5.04. The zero-order chi connectivity index (χ0) is 21.4. The average Bonchev–Trinajstić information content (AvgIpc) is 3.25. The normalized spacial score (nSPS) is 23.0. The maximum absolute atomic E-state index is 14.4. The SMILES string of the molecule is COc1ccc(CN2CC[C@H]3[C@H](CCC(=O)N3Cc3ccc4c(c3)OCO4)C2)c(F)c1. The van der Waals surface area contributed by atoms with Gasteiger partial charge in [-0.2, -0.15) is 0 Å². The predicted octanol–water partition coefficient (Wildman–Crippen LogP) is 3.58. The molecule has 164 valence electrons. The van der Waals surface area contributed by atoms with Crippen LogP contribution in [0.2, 0.25) is 0 Å². The van der Waals surface area contributed by atoms with Crippen molar-refractivity contribution in [3.8, 4) is 17.2 Å². The van der Waals surface area contributed by atoms with Gasteiger partial charge in [0.05, 0.1) is 7.11 Å². The van der Waals surface area contributed by atoms with E-state index in [-0.39, 0.29) is 24.6 Å². The molecule has 2 saturated heterocycles. The van der Waals surface area contributed by atoms with Crippen LogP contribution >= 0.6 is 0 Å². The summed E-state index contributed by atoms with van der Waals surface area (Å²) in [5, 5.41) is 0. The number of piperidine rings is 2.